The molecule has 1 aliphatic rings. The van der Waals surface area contributed by atoms with E-state index < -0.39 is 5.97 Å². The van der Waals surface area contributed by atoms with Crippen molar-refractivity contribution in [3.05, 3.63) is 30.3 Å². The molecule has 92 valence electrons. The number of carboxylic acids is 1. The maximum absolute atomic E-state index is 10.9. The number of benzene rings is 1. The van der Waals surface area contributed by atoms with Gasteiger partial charge in [-0.15, -0.1) is 0 Å². The lowest BCUT2D eigenvalue weighted by molar-refractivity contribution is -0.142. The normalized spacial score (nSPS) is 24.3. The molecular formula is C14H19NO2. The molecule has 1 N–H and O–H groups in total. The van der Waals surface area contributed by atoms with E-state index in [1.54, 1.807) is 0 Å². The Morgan fingerprint density at radius 3 is 2.29 bits per heavy atom. The predicted octanol–water partition coefficient (Wildman–Crippen LogP) is 2.77. The maximum atomic E-state index is 10.9. The first-order valence-electron chi connectivity index (χ1n) is 6.19. The molecule has 0 saturated heterocycles. The van der Waals surface area contributed by atoms with Gasteiger partial charge < -0.3 is 10.0 Å². The van der Waals surface area contributed by atoms with Gasteiger partial charge in [-0.2, -0.15) is 0 Å². The number of para-hydroxylation sites is 1. The molecule has 2 rings (SSSR count). The first-order chi connectivity index (χ1) is 8.18. The Kier molecular flexibility index (Phi) is 3.67. The van der Waals surface area contributed by atoms with Gasteiger partial charge in [-0.25, -0.2) is 0 Å². The van der Waals surface area contributed by atoms with E-state index in [-0.39, 0.29) is 5.92 Å². The minimum atomic E-state index is -0.634. The molecule has 0 spiro atoms. The van der Waals surface area contributed by atoms with E-state index in [1.807, 2.05) is 18.2 Å². The standard InChI is InChI=1S/C14H19NO2/c1-15(12-5-3-2-4-6-12)13-9-7-11(8-10-13)14(16)17/h2-6,11,13H,7-10H2,1H3,(H,16,17). The first-order valence-corrected chi connectivity index (χ1v) is 6.19. The second-order valence-corrected chi connectivity index (χ2v) is 4.79. The van der Waals surface area contributed by atoms with Gasteiger partial charge in [0.1, 0.15) is 0 Å². The lowest BCUT2D eigenvalue weighted by Gasteiger charge is -2.34. The van der Waals surface area contributed by atoms with Crippen molar-refractivity contribution in [2.45, 2.75) is 31.7 Å². The fourth-order valence-corrected chi connectivity index (χ4v) is 2.58. The number of carboxylic acid groups (broad SMARTS) is 1. The summed E-state index contributed by atoms with van der Waals surface area (Å²) in [7, 11) is 2.10. The van der Waals surface area contributed by atoms with Crippen LogP contribution in [0, 0.1) is 5.92 Å². The number of hydrogen-bond donors (Lipinski definition) is 1. The van der Waals surface area contributed by atoms with Gasteiger partial charge in [0.2, 0.25) is 0 Å². The van der Waals surface area contributed by atoms with E-state index in [4.69, 9.17) is 5.11 Å². The SMILES string of the molecule is CN(c1ccccc1)C1CCC(C(=O)O)CC1. The summed E-state index contributed by atoms with van der Waals surface area (Å²) in [6, 6.07) is 10.8. The molecule has 1 saturated carbocycles. The molecule has 0 aromatic heterocycles. The van der Waals surface area contributed by atoms with Crippen LogP contribution in [-0.4, -0.2) is 24.2 Å². The molecule has 0 radical (unpaired) electrons. The summed E-state index contributed by atoms with van der Waals surface area (Å²) in [5.41, 5.74) is 1.21. The van der Waals surface area contributed by atoms with Gasteiger partial charge in [-0.3, -0.25) is 4.79 Å². The van der Waals surface area contributed by atoms with Crippen LogP contribution in [0.5, 0.6) is 0 Å². The Morgan fingerprint density at radius 1 is 1.18 bits per heavy atom. The van der Waals surface area contributed by atoms with Gasteiger partial charge in [0.05, 0.1) is 5.92 Å². The summed E-state index contributed by atoms with van der Waals surface area (Å²) in [6.45, 7) is 0. The van der Waals surface area contributed by atoms with Crippen LogP contribution in [0.4, 0.5) is 5.69 Å². The molecule has 0 unspecified atom stereocenters. The monoisotopic (exact) mass is 233 g/mol. The fourth-order valence-electron chi connectivity index (χ4n) is 2.58. The molecular weight excluding hydrogens is 214 g/mol. The zero-order valence-electron chi connectivity index (χ0n) is 10.2. The quantitative estimate of drug-likeness (QED) is 0.872. The number of rotatable bonds is 3. The van der Waals surface area contributed by atoms with Crippen molar-refractivity contribution < 1.29 is 9.90 Å². The van der Waals surface area contributed by atoms with Gasteiger partial charge in [0.25, 0.3) is 0 Å². The van der Waals surface area contributed by atoms with Gasteiger partial charge >= 0.3 is 5.97 Å². The van der Waals surface area contributed by atoms with E-state index in [1.165, 1.54) is 5.69 Å². The van der Waals surface area contributed by atoms with Crippen molar-refractivity contribution in [1.29, 1.82) is 0 Å². The number of aliphatic carboxylic acids is 1. The van der Waals surface area contributed by atoms with Crippen molar-refractivity contribution in [3.63, 3.8) is 0 Å². The molecule has 17 heavy (non-hydrogen) atoms. The molecule has 1 aliphatic carbocycles. The number of carbonyl (C=O) groups is 1. The molecule has 1 aromatic rings. The summed E-state index contributed by atoms with van der Waals surface area (Å²) in [5.74, 6) is -0.763. The zero-order valence-corrected chi connectivity index (χ0v) is 10.2. The molecule has 1 aromatic carbocycles. The highest BCUT2D eigenvalue weighted by atomic mass is 16.4. The van der Waals surface area contributed by atoms with Crippen LogP contribution in [0.2, 0.25) is 0 Å². The van der Waals surface area contributed by atoms with E-state index in [0.29, 0.717) is 6.04 Å². The molecule has 0 atom stereocenters. The minimum Gasteiger partial charge on any atom is -0.481 e. The van der Waals surface area contributed by atoms with Crippen LogP contribution >= 0.6 is 0 Å². The zero-order chi connectivity index (χ0) is 12.3. The van der Waals surface area contributed by atoms with Crippen molar-refractivity contribution in [3.8, 4) is 0 Å². The highest BCUT2D eigenvalue weighted by Gasteiger charge is 2.27. The molecule has 1 fully saturated rings. The number of nitrogens with zero attached hydrogens (tertiary/aromatic N) is 1. The Labute approximate surface area is 102 Å². The van der Waals surface area contributed by atoms with Gasteiger partial charge in [0.15, 0.2) is 0 Å². The Hall–Kier alpha value is -1.51. The summed E-state index contributed by atoms with van der Waals surface area (Å²) in [4.78, 5) is 13.2. The van der Waals surface area contributed by atoms with Crippen molar-refractivity contribution in [2.75, 3.05) is 11.9 Å². The predicted molar refractivity (Wildman–Crippen MR) is 68.2 cm³/mol. The topological polar surface area (TPSA) is 40.5 Å². The van der Waals surface area contributed by atoms with Gasteiger partial charge in [-0.05, 0) is 37.8 Å². The second kappa shape index (κ2) is 5.21. The average molecular weight is 233 g/mol. The summed E-state index contributed by atoms with van der Waals surface area (Å²) < 4.78 is 0. The van der Waals surface area contributed by atoms with E-state index in [2.05, 4.69) is 24.1 Å². The van der Waals surface area contributed by atoms with Crippen LogP contribution in [0.25, 0.3) is 0 Å². The summed E-state index contributed by atoms with van der Waals surface area (Å²) in [5, 5.41) is 8.97. The lowest BCUT2D eigenvalue weighted by atomic mass is 9.85. The van der Waals surface area contributed by atoms with E-state index in [0.717, 1.165) is 25.7 Å². The molecule has 0 amide bonds. The molecule has 0 bridgehead atoms. The smallest absolute Gasteiger partial charge is 0.306 e. The van der Waals surface area contributed by atoms with Crippen LogP contribution in [0.15, 0.2) is 30.3 Å². The first kappa shape index (κ1) is 12.0. The largest absolute Gasteiger partial charge is 0.481 e. The average Bonchev–Trinajstić information content (AvgIpc) is 2.39. The van der Waals surface area contributed by atoms with E-state index in [9.17, 15) is 4.79 Å². The van der Waals surface area contributed by atoms with Crippen LogP contribution in [0.1, 0.15) is 25.7 Å². The molecule has 0 heterocycles. The van der Waals surface area contributed by atoms with Crippen molar-refractivity contribution >= 4 is 11.7 Å². The molecule has 3 heteroatoms. The van der Waals surface area contributed by atoms with Gasteiger partial charge in [0, 0.05) is 18.8 Å². The third-order valence-corrected chi connectivity index (χ3v) is 3.76. The highest BCUT2D eigenvalue weighted by Crippen LogP contribution is 2.29. The van der Waals surface area contributed by atoms with Crippen LogP contribution in [-0.2, 0) is 4.79 Å². The van der Waals surface area contributed by atoms with Crippen LogP contribution < -0.4 is 4.90 Å². The summed E-state index contributed by atoms with van der Waals surface area (Å²) in [6.07, 6.45) is 3.55. The summed E-state index contributed by atoms with van der Waals surface area (Å²) >= 11 is 0. The third kappa shape index (κ3) is 2.78. The second-order valence-electron chi connectivity index (χ2n) is 4.79. The fraction of sp³-hybridized carbons (Fsp3) is 0.500. The number of anilines is 1. The molecule has 0 aliphatic heterocycles. The Bertz CT molecular complexity index is 369. The Morgan fingerprint density at radius 2 is 1.76 bits per heavy atom. The lowest BCUT2D eigenvalue weighted by Crippen LogP contribution is -2.36. The highest BCUT2D eigenvalue weighted by molar-refractivity contribution is 5.70. The van der Waals surface area contributed by atoms with Crippen molar-refractivity contribution in [2.24, 2.45) is 5.92 Å². The number of hydrogen-bond acceptors (Lipinski definition) is 2. The Balaban J connectivity index is 1.95. The molecule has 3 nitrogen and oxygen atoms in total. The minimum absolute atomic E-state index is 0.129. The van der Waals surface area contributed by atoms with Gasteiger partial charge in [-0.1, -0.05) is 18.2 Å². The van der Waals surface area contributed by atoms with Crippen molar-refractivity contribution in [1.82, 2.24) is 0 Å². The van der Waals surface area contributed by atoms with E-state index >= 15 is 0 Å². The van der Waals surface area contributed by atoms with Crippen LogP contribution in [0.3, 0.4) is 0 Å². The maximum Gasteiger partial charge on any atom is 0.306 e. The third-order valence-electron chi connectivity index (χ3n) is 3.76.